The van der Waals surface area contributed by atoms with Gasteiger partial charge in [-0.2, -0.15) is 0 Å². The highest BCUT2D eigenvalue weighted by Gasteiger charge is 2.18. The van der Waals surface area contributed by atoms with Gasteiger partial charge in [0.05, 0.1) is 6.10 Å². The fourth-order valence-corrected chi connectivity index (χ4v) is 2.56. The molecule has 1 atom stereocenters. The predicted octanol–water partition coefficient (Wildman–Crippen LogP) is 2.31. The van der Waals surface area contributed by atoms with Crippen LogP contribution in [0.15, 0.2) is 0 Å². The maximum atomic E-state index is 5.65. The second-order valence-electron chi connectivity index (χ2n) is 5.31. The summed E-state index contributed by atoms with van der Waals surface area (Å²) in [4.78, 5) is 9.29. The molecule has 1 fully saturated rings. The third-order valence-electron chi connectivity index (χ3n) is 3.63. The van der Waals surface area contributed by atoms with Crippen LogP contribution in [0.3, 0.4) is 0 Å². The highest BCUT2D eigenvalue weighted by molar-refractivity contribution is 5.24. The van der Waals surface area contributed by atoms with Crippen molar-refractivity contribution in [1.82, 2.24) is 15.3 Å². The minimum Gasteiger partial charge on any atom is -0.378 e. The van der Waals surface area contributed by atoms with Gasteiger partial charge in [-0.1, -0.05) is 6.92 Å². The Morgan fingerprint density at radius 3 is 2.58 bits per heavy atom. The molecular weight excluding hydrogens is 238 g/mol. The van der Waals surface area contributed by atoms with Gasteiger partial charge in [0.1, 0.15) is 5.82 Å². The van der Waals surface area contributed by atoms with Crippen molar-refractivity contribution in [3.63, 3.8) is 0 Å². The van der Waals surface area contributed by atoms with E-state index in [-0.39, 0.29) is 0 Å². The van der Waals surface area contributed by atoms with Crippen LogP contribution in [-0.2, 0) is 17.7 Å². The standard InChI is InChI=1S/C15H25N3O/c1-4-7-16-10-14-11(2)17-15(18-12(14)3)9-13-6-5-8-19-13/h13,16H,4-10H2,1-3H3. The van der Waals surface area contributed by atoms with Gasteiger partial charge < -0.3 is 10.1 Å². The van der Waals surface area contributed by atoms with E-state index in [0.717, 1.165) is 56.2 Å². The molecule has 1 aromatic rings. The van der Waals surface area contributed by atoms with Gasteiger partial charge in [-0.15, -0.1) is 0 Å². The molecule has 0 radical (unpaired) electrons. The molecule has 1 aliphatic rings. The minimum absolute atomic E-state index is 0.322. The minimum atomic E-state index is 0.322. The van der Waals surface area contributed by atoms with Gasteiger partial charge in [-0.25, -0.2) is 9.97 Å². The molecule has 0 spiro atoms. The van der Waals surface area contributed by atoms with E-state index in [1.54, 1.807) is 0 Å². The summed E-state index contributed by atoms with van der Waals surface area (Å²) in [6.07, 6.45) is 4.63. The van der Waals surface area contributed by atoms with Gasteiger partial charge >= 0.3 is 0 Å². The SMILES string of the molecule is CCCNCc1c(C)nc(CC2CCCO2)nc1C. The van der Waals surface area contributed by atoms with Crippen LogP contribution in [0, 0.1) is 13.8 Å². The topological polar surface area (TPSA) is 47.0 Å². The molecule has 1 saturated heterocycles. The summed E-state index contributed by atoms with van der Waals surface area (Å²) in [7, 11) is 0. The number of aryl methyl sites for hydroxylation is 2. The van der Waals surface area contributed by atoms with Crippen LogP contribution in [0.1, 0.15) is 49.0 Å². The normalized spacial score (nSPS) is 19.0. The smallest absolute Gasteiger partial charge is 0.131 e. The molecule has 1 N–H and O–H groups in total. The van der Waals surface area contributed by atoms with Crippen LogP contribution in [0.2, 0.25) is 0 Å². The van der Waals surface area contributed by atoms with Crippen LogP contribution in [0.4, 0.5) is 0 Å². The van der Waals surface area contributed by atoms with Crippen LogP contribution in [0.25, 0.3) is 0 Å². The van der Waals surface area contributed by atoms with Crippen molar-refractivity contribution in [3.05, 3.63) is 22.8 Å². The fraction of sp³-hybridized carbons (Fsp3) is 0.733. The van der Waals surface area contributed by atoms with Crippen molar-refractivity contribution in [2.75, 3.05) is 13.2 Å². The van der Waals surface area contributed by atoms with Gasteiger partial charge in [0.2, 0.25) is 0 Å². The monoisotopic (exact) mass is 263 g/mol. The lowest BCUT2D eigenvalue weighted by Gasteiger charge is -2.13. The van der Waals surface area contributed by atoms with Crippen molar-refractivity contribution >= 4 is 0 Å². The Balaban J connectivity index is 2.02. The molecule has 106 valence electrons. The fourth-order valence-electron chi connectivity index (χ4n) is 2.56. The molecule has 1 aliphatic heterocycles. The predicted molar refractivity (Wildman–Crippen MR) is 76.2 cm³/mol. The Hall–Kier alpha value is -1.00. The van der Waals surface area contributed by atoms with E-state index in [1.165, 1.54) is 12.0 Å². The molecule has 0 amide bonds. The first-order valence-electron chi connectivity index (χ1n) is 7.36. The molecule has 1 aromatic heterocycles. The number of nitrogens with zero attached hydrogens (tertiary/aromatic N) is 2. The number of aromatic nitrogens is 2. The zero-order valence-corrected chi connectivity index (χ0v) is 12.3. The lowest BCUT2D eigenvalue weighted by Crippen LogP contribution is -2.19. The Bertz CT molecular complexity index is 391. The molecule has 0 bridgehead atoms. The average molecular weight is 263 g/mol. The lowest BCUT2D eigenvalue weighted by atomic mass is 10.1. The van der Waals surface area contributed by atoms with Gasteiger partial charge in [0.25, 0.3) is 0 Å². The van der Waals surface area contributed by atoms with Crippen molar-refractivity contribution in [2.45, 2.75) is 59.1 Å². The first-order valence-corrected chi connectivity index (χ1v) is 7.36. The highest BCUT2D eigenvalue weighted by atomic mass is 16.5. The molecule has 19 heavy (non-hydrogen) atoms. The second kappa shape index (κ2) is 6.96. The Kier molecular flexibility index (Phi) is 5.28. The van der Waals surface area contributed by atoms with Gasteiger partial charge in [0.15, 0.2) is 0 Å². The Labute approximate surface area is 116 Å². The maximum absolute atomic E-state index is 5.65. The van der Waals surface area contributed by atoms with Gasteiger partial charge in [-0.05, 0) is 39.7 Å². The van der Waals surface area contributed by atoms with Crippen molar-refractivity contribution in [3.8, 4) is 0 Å². The maximum Gasteiger partial charge on any atom is 0.131 e. The van der Waals surface area contributed by atoms with E-state index < -0.39 is 0 Å². The average Bonchev–Trinajstić information content (AvgIpc) is 2.85. The Morgan fingerprint density at radius 2 is 2.00 bits per heavy atom. The van der Waals surface area contributed by atoms with Gasteiger partial charge in [-0.3, -0.25) is 0 Å². The summed E-state index contributed by atoms with van der Waals surface area (Å²) in [6, 6.07) is 0. The van der Waals surface area contributed by atoms with Crippen molar-refractivity contribution in [2.24, 2.45) is 0 Å². The zero-order chi connectivity index (χ0) is 13.7. The summed E-state index contributed by atoms with van der Waals surface area (Å²) in [5, 5.41) is 3.42. The van der Waals surface area contributed by atoms with E-state index in [4.69, 9.17) is 4.74 Å². The molecule has 0 aromatic carbocycles. The summed E-state index contributed by atoms with van der Waals surface area (Å²) < 4.78 is 5.65. The van der Waals surface area contributed by atoms with Gasteiger partial charge in [0, 0.05) is 36.5 Å². The van der Waals surface area contributed by atoms with E-state index in [2.05, 4.69) is 36.1 Å². The zero-order valence-electron chi connectivity index (χ0n) is 12.3. The third-order valence-corrected chi connectivity index (χ3v) is 3.63. The highest BCUT2D eigenvalue weighted by Crippen LogP contribution is 2.17. The van der Waals surface area contributed by atoms with E-state index in [1.807, 2.05) is 0 Å². The van der Waals surface area contributed by atoms with Crippen LogP contribution >= 0.6 is 0 Å². The number of rotatable bonds is 6. The van der Waals surface area contributed by atoms with Crippen molar-refractivity contribution < 1.29 is 4.74 Å². The largest absolute Gasteiger partial charge is 0.378 e. The molecule has 2 rings (SSSR count). The molecule has 2 heterocycles. The number of nitrogens with one attached hydrogen (secondary N) is 1. The van der Waals surface area contributed by atoms with E-state index in [0.29, 0.717) is 6.10 Å². The number of hydrogen-bond acceptors (Lipinski definition) is 4. The summed E-state index contributed by atoms with van der Waals surface area (Å²) >= 11 is 0. The molecule has 0 aliphatic carbocycles. The van der Waals surface area contributed by atoms with Crippen LogP contribution in [0.5, 0.6) is 0 Å². The van der Waals surface area contributed by atoms with E-state index >= 15 is 0 Å². The first kappa shape index (κ1) is 14.4. The summed E-state index contributed by atoms with van der Waals surface area (Å²) in [5.41, 5.74) is 3.44. The number of hydrogen-bond donors (Lipinski definition) is 1. The molecule has 4 heteroatoms. The van der Waals surface area contributed by atoms with Crippen LogP contribution < -0.4 is 5.32 Å². The number of ether oxygens (including phenoxy) is 1. The molecular formula is C15H25N3O. The molecule has 4 nitrogen and oxygen atoms in total. The third kappa shape index (κ3) is 3.98. The second-order valence-corrected chi connectivity index (χ2v) is 5.31. The first-order chi connectivity index (χ1) is 9.20. The van der Waals surface area contributed by atoms with Crippen molar-refractivity contribution in [1.29, 1.82) is 0 Å². The summed E-state index contributed by atoms with van der Waals surface area (Å²) in [6.45, 7) is 9.13. The Morgan fingerprint density at radius 1 is 1.26 bits per heavy atom. The quantitative estimate of drug-likeness (QED) is 0.800. The molecule has 0 saturated carbocycles. The van der Waals surface area contributed by atoms with E-state index in [9.17, 15) is 0 Å². The molecule has 1 unspecified atom stereocenters. The van der Waals surface area contributed by atoms with Crippen LogP contribution in [-0.4, -0.2) is 29.2 Å². The summed E-state index contributed by atoms with van der Waals surface area (Å²) in [5.74, 6) is 0.932. The lowest BCUT2D eigenvalue weighted by molar-refractivity contribution is 0.110.